The number of hydrogen-bond acceptors (Lipinski definition) is 2. The van der Waals surface area contributed by atoms with Crippen molar-refractivity contribution in [3.8, 4) is 0 Å². The normalized spacial score (nSPS) is 24.0. The zero-order valence-electron chi connectivity index (χ0n) is 4.64. The van der Waals surface area contributed by atoms with Crippen LogP contribution >= 0.6 is 0 Å². The van der Waals surface area contributed by atoms with E-state index in [1.54, 1.807) is 0 Å². The van der Waals surface area contributed by atoms with Crippen molar-refractivity contribution in [2.75, 3.05) is 13.2 Å². The van der Waals surface area contributed by atoms with Gasteiger partial charge in [-0.2, -0.15) is 0 Å². The Hall–Kier alpha value is -0.0800. The average Bonchev–Trinajstić information content (AvgIpc) is 1.72. The second kappa shape index (κ2) is 2.16. The maximum atomic E-state index is 4.57. The van der Waals surface area contributed by atoms with Crippen molar-refractivity contribution in [3.63, 3.8) is 0 Å². The summed E-state index contributed by atoms with van der Waals surface area (Å²) in [5.74, 6) is 0. The van der Waals surface area contributed by atoms with Crippen molar-refractivity contribution in [2.45, 2.75) is 12.8 Å². The molecule has 0 unspecified atom stereocenters. The second-order valence-electron chi connectivity index (χ2n) is 1.35. The number of rotatable bonds is 0. The molecule has 0 aromatic rings. The van der Waals surface area contributed by atoms with Crippen LogP contribution in [0.5, 0.6) is 0 Å². The Morgan fingerprint density at radius 2 is 1.50 bits per heavy atom. The smallest absolute Gasteiger partial charge is 0.237 e. The SMILES string of the molecule is C1CCOOC1.[H+]. The van der Waals surface area contributed by atoms with Gasteiger partial charge in [-0.3, -0.25) is 0 Å². The fourth-order valence-electron chi connectivity index (χ4n) is 0.440. The van der Waals surface area contributed by atoms with E-state index in [2.05, 4.69) is 9.78 Å². The molecule has 0 amide bonds. The molecule has 1 rings (SSSR count). The lowest BCUT2D eigenvalue weighted by molar-refractivity contribution is -0.312. The summed E-state index contributed by atoms with van der Waals surface area (Å²) in [4.78, 5) is 9.14. The Bertz CT molecular complexity index is 25.2. The van der Waals surface area contributed by atoms with Crippen LogP contribution in [0.1, 0.15) is 14.3 Å². The van der Waals surface area contributed by atoms with E-state index >= 15 is 0 Å². The van der Waals surface area contributed by atoms with E-state index in [4.69, 9.17) is 0 Å². The summed E-state index contributed by atoms with van der Waals surface area (Å²) in [6.07, 6.45) is 2.31. The largest absolute Gasteiger partial charge is 1.00 e. The first-order valence-corrected chi connectivity index (χ1v) is 2.24. The van der Waals surface area contributed by atoms with Crippen LogP contribution in [-0.2, 0) is 9.78 Å². The van der Waals surface area contributed by atoms with Gasteiger partial charge in [-0.05, 0) is 12.8 Å². The van der Waals surface area contributed by atoms with Crippen molar-refractivity contribution in [1.82, 2.24) is 0 Å². The zero-order valence-corrected chi connectivity index (χ0v) is 3.64. The molecule has 2 heteroatoms. The Kier molecular flexibility index (Phi) is 1.47. The van der Waals surface area contributed by atoms with E-state index in [0.717, 1.165) is 26.1 Å². The van der Waals surface area contributed by atoms with Gasteiger partial charge in [0, 0.05) is 0 Å². The standard InChI is InChI=1S/C4H8O2/c1-2-4-6-5-3-1/h1-4H2/p+1. The molecule has 0 saturated carbocycles. The molecular formula is C4H9O2+. The molecule has 1 aliphatic rings. The quantitative estimate of drug-likeness (QED) is 0.409. The van der Waals surface area contributed by atoms with Crippen molar-refractivity contribution in [1.29, 1.82) is 0 Å². The summed E-state index contributed by atoms with van der Waals surface area (Å²) in [7, 11) is 0. The van der Waals surface area contributed by atoms with Gasteiger partial charge in [0.15, 0.2) is 0 Å². The minimum atomic E-state index is 0. The topological polar surface area (TPSA) is 18.5 Å². The summed E-state index contributed by atoms with van der Waals surface area (Å²) < 4.78 is 0. The lowest BCUT2D eigenvalue weighted by Crippen LogP contribution is -2.05. The molecule has 1 saturated heterocycles. The van der Waals surface area contributed by atoms with Crippen LogP contribution in [0, 0.1) is 0 Å². The molecule has 0 aromatic heterocycles. The highest BCUT2D eigenvalue weighted by atomic mass is 17.2. The van der Waals surface area contributed by atoms with Crippen molar-refractivity contribution in [2.24, 2.45) is 0 Å². The van der Waals surface area contributed by atoms with E-state index < -0.39 is 0 Å². The van der Waals surface area contributed by atoms with Gasteiger partial charge in [-0.1, -0.05) is 0 Å². The molecular weight excluding hydrogens is 80.0 g/mol. The van der Waals surface area contributed by atoms with E-state index in [1.807, 2.05) is 0 Å². The minimum Gasteiger partial charge on any atom is -0.237 e. The third kappa shape index (κ3) is 0.954. The average molecular weight is 89.1 g/mol. The lowest BCUT2D eigenvalue weighted by Gasteiger charge is -2.07. The van der Waals surface area contributed by atoms with Crippen LogP contribution in [0.25, 0.3) is 0 Å². The molecule has 0 aromatic carbocycles. The fourth-order valence-corrected chi connectivity index (χ4v) is 0.440. The second-order valence-corrected chi connectivity index (χ2v) is 1.35. The van der Waals surface area contributed by atoms with Gasteiger partial charge in [0.05, 0.1) is 13.2 Å². The first-order valence-electron chi connectivity index (χ1n) is 2.24. The van der Waals surface area contributed by atoms with E-state index in [0.29, 0.717) is 0 Å². The van der Waals surface area contributed by atoms with E-state index in [1.165, 1.54) is 0 Å². The molecule has 2 nitrogen and oxygen atoms in total. The van der Waals surface area contributed by atoms with Crippen LogP contribution in [-0.4, -0.2) is 13.2 Å². The molecule has 1 aliphatic heterocycles. The molecule has 0 radical (unpaired) electrons. The minimum absolute atomic E-state index is 0. The van der Waals surface area contributed by atoms with Crippen molar-refractivity contribution in [3.05, 3.63) is 0 Å². The molecule has 1 heterocycles. The Labute approximate surface area is 38.5 Å². The molecule has 0 N–H and O–H groups in total. The molecule has 1 fully saturated rings. The molecule has 0 aliphatic carbocycles. The van der Waals surface area contributed by atoms with Gasteiger partial charge in [0.1, 0.15) is 0 Å². The fraction of sp³-hybridized carbons (Fsp3) is 1.00. The monoisotopic (exact) mass is 89.1 g/mol. The van der Waals surface area contributed by atoms with E-state index in [-0.39, 0.29) is 1.43 Å². The van der Waals surface area contributed by atoms with Crippen LogP contribution in [0.4, 0.5) is 0 Å². The molecule has 0 atom stereocenters. The van der Waals surface area contributed by atoms with Crippen LogP contribution in [0.2, 0.25) is 0 Å². The number of hydrogen-bond donors (Lipinski definition) is 0. The Morgan fingerprint density at radius 1 is 1.00 bits per heavy atom. The maximum absolute atomic E-state index is 4.57. The van der Waals surface area contributed by atoms with Gasteiger partial charge in [-0.15, -0.1) is 0 Å². The first kappa shape index (κ1) is 4.09. The molecule has 36 valence electrons. The summed E-state index contributed by atoms with van der Waals surface area (Å²) in [6.45, 7) is 1.56. The summed E-state index contributed by atoms with van der Waals surface area (Å²) in [6, 6.07) is 0. The Morgan fingerprint density at radius 3 is 1.67 bits per heavy atom. The Balaban J connectivity index is 0.000000360. The predicted octanol–water partition coefficient (Wildman–Crippen LogP) is 0.841. The predicted molar refractivity (Wildman–Crippen MR) is 22.2 cm³/mol. The van der Waals surface area contributed by atoms with Crippen LogP contribution in [0.15, 0.2) is 0 Å². The summed E-state index contributed by atoms with van der Waals surface area (Å²) in [5, 5.41) is 0. The third-order valence-electron chi connectivity index (χ3n) is 0.789. The zero-order chi connectivity index (χ0) is 4.24. The van der Waals surface area contributed by atoms with Crippen molar-refractivity contribution >= 4 is 0 Å². The maximum Gasteiger partial charge on any atom is 1.00 e. The van der Waals surface area contributed by atoms with Crippen LogP contribution in [0.3, 0.4) is 0 Å². The van der Waals surface area contributed by atoms with Gasteiger partial charge in [-0.25, -0.2) is 9.78 Å². The third-order valence-corrected chi connectivity index (χ3v) is 0.789. The highest BCUT2D eigenvalue weighted by Crippen LogP contribution is 1.97. The molecule has 0 spiro atoms. The van der Waals surface area contributed by atoms with E-state index in [9.17, 15) is 0 Å². The highest BCUT2D eigenvalue weighted by molar-refractivity contribution is 4.36. The van der Waals surface area contributed by atoms with Gasteiger partial charge >= 0.3 is 1.43 Å². The van der Waals surface area contributed by atoms with Gasteiger partial charge < -0.3 is 0 Å². The molecule has 0 bridgehead atoms. The lowest BCUT2D eigenvalue weighted by atomic mass is 10.3. The molecule has 6 heavy (non-hydrogen) atoms. The van der Waals surface area contributed by atoms with Crippen molar-refractivity contribution < 1.29 is 11.2 Å². The highest BCUT2D eigenvalue weighted by Gasteiger charge is 1.95. The van der Waals surface area contributed by atoms with Gasteiger partial charge in [0.25, 0.3) is 0 Å². The van der Waals surface area contributed by atoms with Gasteiger partial charge in [0.2, 0.25) is 0 Å². The summed E-state index contributed by atoms with van der Waals surface area (Å²) in [5.41, 5.74) is 0. The van der Waals surface area contributed by atoms with Crippen LogP contribution < -0.4 is 0 Å². The summed E-state index contributed by atoms with van der Waals surface area (Å²) >= 11 is 0. The first-order chi connectivity index (χ1) is 3.00.